The van der Waals surface area contributed by atoms with Gasteiger partial charge in [0.1, 0.15) is 17.5 Å². The number of nitrogens with one attached hydrogen (secondary N) is 1. The molecule has 2 aromatic rings. The summed E-state index contributed by atoms with van der Waals surface area (Å²) in [5.74, 6) is -0.605. The number of hydrogen-bond acceptors (Lipinski definition) is 4. The van der Waals surface area contributed by atoms with Gasteiger partial charge < -0.3 is 21.4 Å². The Bertz CT molecular complexity index is 976. The van der Waals surface area contributed by atoms with Crippen molar-refractivity contribution in [2.24, 2.45) is 17.4 Å². The van der Waals surface area contributed by atoms with Crippen LogP contribution in [0.25, 0.3) is 5.70 Å². The zero-order chi connectivity index (χ0) is 21.0. The Morgan fingerprint density at radius 2 is 1.93 bits per heavy atom. The molecule has 3 rings (SSSR count). The molecule has 1 aliphatic carbocycles. The lowest BCUT2D eigenvalue weighted by atomic mass is 9.86. The lowest BCUT2D eigenvalue weighted by Gasteiger charge is -2.31. The molecular formula is C22H26F2N4O. The van der Waals surface area contributed by atoms with E-state index in [2.05, 4.69) is 9.88 Å². The predicted molar refractivity (Wildman–Crippen MR) is 112 cm³/mol. The molecule has 1 aromatic carbocycles. The molecule has 7 heteroatoms. The molecule has 0 aliphatic heterocycles. The first-order valence-corrected chi connectivity index (χ1v) is 9.75. The quantitative estimate of drug-likeness (QED) is 0.693. The van der Waals surface area contributed by atoms with Crippen molar-refractivity contribution in [1.82, 2.24) is 4.98 Å². The first kappa shape index (κ1) is 20.6. The van der Waals surface area contributed by atoms with Crippen LogP contribution in [0.2, 0.25) is 0 Å². The molecular weight excluding hydrogens is 374 g/mol. The van der Waals surface area contributed by atoms with E-state index in [9.17, 15) is 13.6 Å². The second-order valence-electron chi connectivity index (χ2n) is 7.20. The lowest BCUT2D eigenvalue weighted by molar-refractivity contribution is 0.489. The first-order valence-electron chi connectivity index (χ1n) is 9.75. The summed E-state index contributed by atoms with van der Waals surface area (Å²) < 4.78 is 28.0. The van der Waals surface area contributed by atoms with Gasteiger partial charge in [0.15, 0.2) is 0 Å². The van der Waals surface area contributed by atoms with Gasteiger partial charge in [0.2, 0.25) is 5.56 Å². The number of nitrogens with zero attached hydrogens (tertiary/aromatic N) is 1. The van der Waals surface area contributed by atoms with Crippen molar-refractivity contribution in [3.8, 4) is 0 Å². The van der Waals surface area contributed by atoms with Crippen LogP contribution >= 0.6 is 0 Å². The topological polar surface area (TPSA) is 88.1 Å². The maximum atomic E-state index is 14.0. The van der Waals surface area contributed by atoms with Gasteiger partial charge in [0, 0.05) is 36.5 Å². The van der Waals surface area contributed by atoms with Crippen LogP contribution in [0, 0.1) is 17.6 Å². The predicted octanol–water partition coefficient (Wildman–Crippen LogP) is 3.49. The molecule has 5 N–H and O–H groups in total. The van der Waals surface area contributed by atoms with Crippen molar-refractivity contribution in [2.45, 2.75) is 26.2 Å². The number of aromatic nitrogens is 1. The zero-order valence-corrected chi connectivity index (χ0v) is 16.4. The SMILES string of the molecule is CCN(CC1CCCC(/C=C(\N)c2c(F)cccc2F)=C1N)c1cccc(=O)[nH]1. The summed E-state index contributed by atoms with van der Waals surface area (Å²) in [7, 11) is 0. The van der Waals surface area contributed by atoms with Crippen LogP contribution in [0.15, 0.2) is 58.5 Å². The number of anilines is 1. The smallest absolute Gasteiger partial charge is 0.249 e. The molecule has 0 radical (unpaired) electrons. The van der Waals surface area contributed by atoms with Crippen LogP contribution in [0.3, 0.4) is 0 Å². The summed E-state index contributed by atoms with van der Waals surface area (Å²) in [5.41, 5.74) is 13.6. The van der Waals surface area contributed by atoms with E-state index in [0.29, 0.717) is 25.2 Å². The molecule has 1 unspecified atom stereocenters. The third kappa shape index (κ3) is 4.67. The van der Waals surface area contributed by atoms with E-state index in [-0.39, 0.29) is 22.7 Å². The number of aromatic amines is 1. The minimum absolute atomic E-state index is 0.0268. The number of allylic oxidation sites excluding steroid dienone is 2. The van der Waals surface area contributed by atoms with Crippen molar-refractivity contribution in [3.63, 3.8) is 0 Å². The third-order valence-electron chi connectivity index (χ3n) is 5.31. The number of pyridine rings is 1. The van der Waals surface area contributed by atoms with Crippen LogP contribution in [-0.2, 0) is 0 Å². The molecule has 0 saturated heterocycles. The Kier molecular flexibility index (Phi) is 6.36. The van der Waals surface area contributed by atoms with Crippen molar-refractivity contribution >= 4 is 11.5 Å². The van der Waals surface area contributed by atoms with E-state index < -0.39 is 11.6 Å². The van der Waals surface area contributed by atoms with Crippen LogP contribution in [0.5, 0.6) is 0 Å². The third-order valence-corrected chi connectivity index (χ3v) is 5.31. The number of H-pyrrole nitrogens is 1. The van der Waals surface area contributed by atoms with Crippen LogP contribution in [0.4, 0.5) is 14.6 Å². The fourth-order valence-corrected chi connectivity index (χ4v) is 3.76. The van der Waals surface area contributed by atoms with Gasteiger partial charge in [-0.05, 0) is 56.0 Å². The van der Waals surface area contributed by atoms with Crippen LogP contribution in [0.1, 0.15) is 31.7 Å². The Morgan fingerprint density at radius 3 is 2.59 bits per heavy atom. The van der Waals surface area contributed by atoms with Crippen molar-refractivity contribution in [3.05, 3.63) is 81.3 Å². The Balaban J connectivity index is 1.87. The highest BCUT2D eigenvalue weighted by atomic mass is 19.1. The summed E-state index contributed by atoms with van der Waals surface area (Å²) in [4.78, 5) is 16.5. The second kappa shape index (κ2) is 8.94. The number of nitrogens with two attached hydrogens (primary N) is 2. The fraction of sp³-hybridized carbons (Fsp3) is 0.318. The molecule has 1 aliphatic rings. The first-order chi connectivity index (χ1) is 13.9. The van der Waals surface area contributed by atoms with Crippen molar-refractivity contribution in [2.75, 3.05) is 18.0 Å². The van der Waals surface area contributed by atoms with E-state index in [4.69, 9.17) is 11.5 Å². The number of benzene rings is 1. The molecule has 0 fully saturated rings. The molecule has 29 heavy (non-hydrogen) atoms. The molecule has 1 aromatic heterocycles. The van der Waals surface area contributed by atoms with E-state index in [1.165, 1.54) is 24.3 Å². The molecule has 5 nitrogen and oxygen atoms in total. The minimum atomic E-state index is -0.699. The summed E-state index contributed by atoms with van der Waals surface area (Å²) in [5, 5.41) is 0. The zero-order valence-electron chi connectivity index (χ0n) is 16.4. The number of rotatable bonds is 6. The minimum Gasteiger partial charge on any atom is -0.402 e. The van der Waals surface area contributed by atoms with Crippen molar-refractivity contribution < 1.29 is 8.78 Å². The molecule has 0 amide bonds. The highest BCUT2D eigenvalue weighted by molar-refractivity contribution is 5.66. The largest absolute Gasteiger partial charge is 0.402 e. The monoisotopic (exact) mass is 400 g/mol. The normalized spacial score (nSPS) is 17.5. The maximum absolute atomic E-state index is 14.0. The standard InChI is InChI=1S/C22H26F2N4O/c1-2-28(19-10-5-11-20(29)27-19)13-15-7-3-6-14(22(15)26)12-18(25)21-16(23)8-4-9-17(21)24/h4-5,8-12,15H,2-3,6-7,13,25-26H2,1H3,(H,27,29)/b18-12-. The van der Waals surface area contributed by atoms with Gasteiger partial charge in [0.25, 0.3) is 0 Å². The lowest BCUT2D eigenvalue weighted by Crippen LogP contribution is -2.35. The summed E-state index contributed by atoms with van der Waals surface area (Å²) in [6.07, 6.45) is 4.08. The highest BCUT2D eigenvalue weighted by Crippen LogP contribution is 2.31. The van der Waals surface area contributed by atoms with E-state index in [0.717, 1.165) is 24.2 Å². The summed E-state index contributed by atoms with van der Waals surface area (Å²) >= 11 is 0. The number of hydrogen-bond donors (Lipinski definition) is 3. The van der Waals surface area contributed by atoms with Gasteiger partial charge in [-0.3, -0.25) is 4.79 Å². The van der Waals surface area contributed by atoms with Gasteiger partial charge in [-0.1, -0.05) is 12.1 Å². The van der Waals surface area contributed by atoms with E-state index in [1.54, 1.807) is 12.1 Å². The maximum Gasteiger partial charge on any atom is 0.249 e. The van der Waals surface area contributed by atoms with Crippen LogP contribution in [-0.4, -0.2) is 18.1 Å². The fourth-order valence-electron chi connectivity index (χ4n) is 3.76. The van der Waals surface area contributed by atoms with Crippen LogP contribution < -0.4 is 21.9 Å². The van der Waals surface area contributed by atoms with Gasteiger partial charge >= 0.3 is 0 Å². The summed E-state index contributed by atoms with van der Waals surface area (Å²) in [6, 6.07) is 8.71. The highest BCUT2D eigenvalue weighted by Gasteiger charge is 2.23. The molecule has 0 bridgehead atoms. The summed E-state index contributed by atoms with van der Waals surface area (Å²) in [6.45, 7) is 3.35. The molecule has 1 heterocycles. The molecule has 0 spiro atoms. The van der Waals surface area contributed by atoms with Gasteiger partial charge in [-0.15, -0.1) is 0 Å². The van der Waals surface area contributed by atoms with Gasteiger partial charge in [-0.25, -0.2) is 8.78 Å². The van der Waals surface area contributed by atoms with Gasteiger partial charge in [-0.2, -0.15) is 0 Å². The molecule has 154 valence electrons. The van der Waals surface area contributed by atoms with E-state index in [1.807, 2.05) is 13.0 Å². The Labute approximate surface area is 168 Å². The Hall–Kier alpha value is -3.09. The average Bonchev–Trinajstić information content (AvgIpc) is 2.68. The Morgan fingerprint density at radius 1 is 1.24 bits per heavy atom. The average molecular weight is 400 g/mol. The van der Waals surface area contributed by atoms with E-state index >= 15 is 0 Å². The van der Waals surface area contributed by atoms with Gasteiger partial charge in [0.05, 0.1) is 5.56 Å². The molecule has 1 atom stereocenters. The molecule has 0 saturated carbocycles. The second-order valence-corrected chi connectivity index (χ2v) is 7.20. The van der Waals surface area contributed by atoms with Crippen molar-refractivity contribution in [1.29, 1.82) is 0 Å². The number of halogens is 2.